The van der Waals surface area contributed by atoms with Crippen molar-refractivity contribution >= 4 is 23.2 Å². The van der Waals surface area contributed by atoms with Gasteiger partial charge >= 0.3 is 0 Å². The van der Waals surface area contributed by atoms with Crippen LogP contribution in [0.4, 0.5) is 5.69 Å². The lowest BCUT2D eigenvalue weighted by molar-refractivity contribution is -0.384. The van der Waals surface area contributed by atoms with Crippen LogP contribution in [0.25, 0.3) is 10.4 Å². The van der Waals surface area contributed by atoms with Gasteiger partial charge in [-0.3, -0.25) is 10.1 Å². The van der Waals surface area contributed by atoms with E-state index in [4.69, 9.17) is 5.21 Å². The second kappa shape index (κ2) is 4.75. The summed E-state index contributed by atoms with van der Waals surface area (Å²) in [7, 11) is 0. The highest BCUT2D eigenvalue weighted by Gasteiger charge is 2.06. The van der Waals surface area contributed by atoms with E-state index in [0.717, 1.165) is 15.3 Å². The maximum Gasteiger partial charge on any atom is 0.269 e. The molecular weight excluding hydrogens is 240 g/mol. The molecule has 1 aromatic carbocycles. The Kier molecular flexibility index (Phi) is 3.15. The number of thiophene rings is 1. The molecule has 1 N–H and O–H groups in total. The zero-order chi connectivity index (χ0) is 12.3. The van der Waals surface area contributed by atoms with E-state index in [9.17, 15) is 10.1 Å². The molecule has 0 aliphatic rings. The molecule has 0 saturated heterocycles. The summed E-state index contributed by atoms with van der Waals surface area (Å²) in [6.07, 6.45) is 1.35. The molecule has 0 saturated carbocycles. The highest BCUT2D eigenvalue weighted by Crippen LogP contribution is 2.28. The van der Waals surface area contributed by atoms with Crippen LogP contribution in [0.5, 0.6) is 0 Å². The molecule has 0 spiro atoms. The van der Waals surface area contributed by atoms with E-state index in [-0.39, 0.29) is 5.69 Å². The van der Waals surface area contributed by atoms with Gasteiger partial charge in [0.05, 0.1) is 11.1 Å². The van der Waals surface area contributed by atoms with Crippen LogP contribution in [0, 0.1) is 10.1 Å². The number of nitro groups is 1. The zero-order valence-electron chi connectivity index (χ0n) is 8.61. The molecule has 17 heavy (non-hydrogen) atoms. The van der Waals surface area contributed by atoms with Gasteiger partial charge in [-0.1, -0.05) is 5.16 Å². The van der Waals surface area contributed by atoms with Crippen molar-refractivity contribution in [3.8, 4) is 10.4 Å². The van der Waals surface area contributed by atoms with Gasteiger partial charge in [-0.05, 0) is 29.8 Å². The van der Waals surface area contributed by atoms with Gasteiger partial charge in [-0.15, -0.1) is 11.3 Å². The maximum atomic E-state index is 10.5. The zero-order valence-corrected chi connectivity index (χ0v) is 9.42. The molecule has 0 unspecified atom stereocenters. The third-order valence-electron chi connectivity index (χ3n) is 2.17. The van der Waals surface area contributed by atoms with Crippen molar-refractivity contribution in [1.29, 1.82) is 0 Å². The molecule has 5 nitrogen and oxygen atoms in total. The first-order valence-corrected chi connectivity index (χ1v) is 5.54. The summed E-state index contributed by atoms with van der Waals surface area (Å²) in [6, 6.07) is 10.0. The Hall–Kier alpha value is -2.21. The van der Waals surface area contributed by atoms with E-state index >= 15 is 0 Å². The van der Waals surface area contributed by atoms with Crippen LogP contribution in [0.2, 0.25) is 0 Å². The van der Waals surface area contributed by atoms with Crippen LogP contribution in [-0.4, -0.2) is 16.3 Å². The summed E-state index contributed by atoms with van der Waals surface area (Å²) in [6.45, 7) is 0. The van der Waals surface area contributed by atoms with Gasteiger partial charge in [0.1, 0.15) is 0 Å². The first-order valence-electron chi connectivity index (χ1n) is 4.73. The fourth-order valence-corrected chi connectivity index (χ4v) is 2.26. The van der Waals surface area contributed by atoms with E-state index in [1.165, 1.54) is 29.7 Å². The Morgan fingerprint density at radius 1 is 1.24 bits per heavy atom. The molecule has 0 amide bonds. The number of nitro benzene ring substituents is 1. The van der Waals surface area contributed by atoms with Crippen molar-refractivity contribution in [2.45, 2.75) is 0 Å². The summed E-state index contributed by atoms with van der Waals surface area (Å²) >= 11 is 1.45. The minimum Gasteiger partial charge on any atom is -0.411 e. The highest BCUT2D eigenvalue weighted by atomic mass is 32.1. The quantitative estimate of drug-likeness (QED) is 0.392. The van der Waals surface area contributed by atoms with E-state index in [2.05, 4.69) is 5.16 Å². The van der Waals surface area contributed by atoms with Crippen molar-refractivity contribution in [2.75, 3.05) is 0 Å². The van der Waals surface area contributed by atoms with Gasteiger partial charge in [0.2, 0.25) is 0 Å². The normalized spacial score (nSPS) is 10.8. The summed E-state index contributed by atoms with van der Waals surface area (Å²) in [5, 5.41) is 21.8. The lowest BCUT2D eigenvalue weighted by atomic mass is 10.2. The third kappa shape index (κ3) is 2.48. The maximum absolute atomic E-state index is 10.5. The molecule has 0 aliphatic carbocycles. The molecule has 0 radical (unpaired) electrons. The van der Waals surface area contributed by atoms with Crippen LogP contribution in [0.1, 0.15) is 4.88 Å². The summed E-state index contributed by atoms with van der Waals surface area (Å²) in [4.78, 5) is 11.9. The summed E-state index contributed by atoms with van der Waals surface area (Å²) in [5.74, 6) is 0. The van der Waals surface area contributed by atoms with E-state index in [1.54, 1.807) is 12.1 Å². The molecule has 1 aromatic heterocycles. The minimum atomic E-state index is -0.429. The monoisotopic (exact) mass is 248 g/mol. The SMILES string of the molecule is O=[N+]([O-])c1ccc(-c2ccc(/C=N/O)s2)cc1. The van der Waals surface area contributed by atoms with Gasteiger partial charge in [0, 0.05) is 21.9 Å². The predicted molar refractivity (Wildman–Crippen MR) is 65.8 cm³/mol. The van der Waals surface area contributed by atoms with Crippen LogP contribution < -0.4 is 0 Å². The third-order valence-corrected chi connectivity index (χ3v) is 3.24. The second-order valence-electron chi connectivity index (χ2n) is 3.25. The smallest absolute Gasteiger partial charge is 0.269 e. The van der Waals surface area contributed by atoms with Gasteiger partial charge in [0.25, 0.3) is 5.69 Å². The average molecular weight is 248 g/mol. The molecular formula is C11H8N2O3S. The molecule has 1 heterocycles. The van der Waals surface area contributed by atoms with Crippen LogP contribution >= 0.6 is 11.3 Å². The molecule has 0 fully saturated rings. The van der Waals surface area contributed by atoms with Crippen LogP contribution in [-0.2, 0) is 0 Å². The number of non-ortho nitro benzene ring substituents is 1. The van der Waals surface area contributed by atoms with Crippen molar-refractivity contribution < 1.29 is 10.1 Å². The van der Waals surface area contributed by atoms with Gasteiger partial charge in [-0.25, -0.2) is 0 Å². The molecule has 0 atom stereocenters. The summed E-state index contributed by atoms with van der Waals surface area (Å²) < 4.78 is 0. The number of rotatable bonds is 3. The Bertz CT molecular complexity index is 560. The number of benzene rings is 1. The molecule has 86 valence electrons. The molecule has 0 bridgehead atoms. The summed E-state index contributed by atoms with van der Waals surface area (Å²) in [5.41, 5.74) is 0.973. The van der Waals surface area contributed by atoms with Crippen LogP contribution in [0.15, 0.2) is 41.6 Å². The first kappa shape index (κ1) is 11.3. The standard InChI is InChI=1S/C11H8N2O3S/c14-12-7-10-5-6-11(17-10)8-1-3-9(4-2-8)13(15)16/h1-7,14H/b12-7+. The molecule has 0 aliphatic heterocycles. The number of hydrogen-bond donors (Lipinski definition) is 1. The van der Waals surface area contributed by atoms with Gasteiger partial charge < -0.3 is 5.21 Å². The van der Waals surface area contributed by atoms with Crippen molar-refractivity contribution in [3.63, 3.8) is 0 Å². The fraction of sp³-hybridized carbons (Fsp3) is 0. The van der Waals surface area contributed by atoms with E-state index in [1.807, 2.05) is 12.1 Å². The fourth-order valence-electron chi connectivity index (χ4n) is 1.38. The Balaban J connectivity index is 2.29. The minimum absolute atomic E-state index is 0.0717. The average Bonchev–Trinajstić information content (AvgIpc) is 2.78. The second-order valence-corrected chi connectivity index (χ2v) is 4.37. The first-order chi connectivity index (χ1) is 8.20. The number of nitrogens with zero attached hydrogens (tertiary/aromatic N) is 2. The topological polar surface area (TPSA) is 75.7 Å². The largest absolute Gasteiger partial charge is 0.411 e. The molecule has 2 aromatic rings. The predicted octanol–water partition coefficient (Wildman–Crippen LogP) is 3.13. The Labute approximate surface area is 101 Å². The van der Waals surface area contributed by atoms with Gasteiger partial charge in [0.15, 0.2) is 0 Å². The number of hydrogen-bond acceptors (Lipinski definition) is 5. The number of oxime groups is 1. The van der Waals surface area contributed by atoms with Crippen LogP contribution in [0.3, 0.4) is 0 Å². The molecule has 6 heteroatoms. The lowest BCUT2D eigenvalue weighted by Gasteiger charge is -1.96. The van der Waals surface area contributed by atoms with E-state index < -0.39 is 4.92 Å². The molecule has 2 rings (SSSR count). The lowest BCUT2D eigenvalue weighted by Crippen LogP contribution is -1.86. The van der Waals surface area contributed by atoms with Crippen molar-refractivity contribution in [3.05, 3.63) is 51.4 Å². The van der Waals surface area contributed by atoms with Gasteiger partial charge in [-0.2, -0.15) is 0 Å². The highest BCUT2D eigenvalue weighted by molar-refractivity contribution is 7.17. The Morgan fingerprint density at radius 2 is 1.94 bits per heavy atom. The van der Waals surface area contributed by atoms with Crippen molar-refractivity contribution in [1.82, 2.24) is 0 Å². The van der Waals surface area contributed by atoms with E-state index in [0.29, 0.717) is 0 Å². The van der Waals surface area contributed by atoms with Crippen molar-refractivity contribution in [2.24, 2.45) is 5.16 Å². The Morgan fingerprint density at radius 3 is 2.53 bits per heavy atom.